The summed E-state index contributed by atoms with van der Waals surface area (Å²) < 4.78 is 0. The average molecular weight is 319 g/mol. The largest absolute Gasteiger partial charge is 0.355 e. The molecule has 1 saturated heterocycles. The molecule has 0 bridgehead atoms. The van der Waals surface area contributed by atoms with E-state index in [2.05, 4.69) is 32.5 Å². The number of hydrogen-bond donors (Lipinski definition) is 2. The van der Waals surface area contributed by atoms with Gasteiger partial charge in [0.1, 0.15) is 0 Å². The van der Waals surface area contributed by atoms with Crippen LogP contribution >= 0.6 is 11.6 Å². The smallest absolute Gasteiger partial charge is 0.254 e. The summed E-state index contributed by atoms with van der Waals surface area (Å²) >= 11 is 5.92. The van der Waals surface area contributed by atoms with Gasteiger partial charge in [0, 0.05) is 31.1 Å². The van der Waals surface area contributed by atoms with Crippen molar-refractivity contribution < 1.29 is 4.79 Å². The summed E-state index contributed by atoms with van der Waals surface area (Å²) in [6.07, 6.45) is 2.63. The van der Waals surface area contributed by atoms with Crippen LogP contribution in [0.2, 0.25) is 5.02 Å². The molecule has 0 spiro atoms. The van der Waals surface area contributed by atoms with E-state index < -0.39 is 0 Å². The van der Waals surface area contributed by atoms with Gasteiger partial charge in [0.25, 0.3) is 5.91 Å². The Hall–Kier alpha value is -1.85. The highest BCUT2D eigenvalue weighted by atomic mass is 35.5. The number of halogens is 1. The fourth-order valence-corrected chi connectivity index (χ4v) is 3.11. The number of benzene rings is 1. The Labute approximate surface area is 134 Å². The Morgan fingerprint density at radius 3 is 2.95 bits per heavy atom. The lowest BCUT2D eigenvalue weighted by atomic mass is 10.0. The first kappa shape index (κ1) is 15.1. The van der Waals surface area contributed by atoms with E-state index in [0.29, 0.717) is 11.5 Å². The molecule has 1 aromatic carbocycles. The molecule has 1 aliphatic rings. The lowest BCUT2D eigenvalue weighted by Gasteiger charge is -2.16. The number of rotatable bonds is 4. The van der Waals surface area contributed by atoms with Gasteiger partial charge in [0.05, 0.1) is 17.5 Å². The van der Waals surface area contributed by atoms with Gasteiger partial charge >= 0.3 is 0 Å². The second-order valence-electron chi connectivity index (χ2n) is 5.62. The van der Waals surface area contributed by atoms with Gasteiger partial charge in [-0.1, -0.05) is 23.7 Å². The molecule has 2 N–H and O–H groups in total. The highest BCUT2D eigenvalue weighted by Crippen LogP contribution is 2.29. The number of carbonyl (C=O) groups is 1. The van der Waals surface area contributed by atoms with E-state index in [1.807, 2.05) is 12.1 Å². The molecule has 1 unspecified atom stereocenters. The first-order valence-electron chi connectivity index (χ1n) is 7.39. The summed E-state index contributed by atoms with van der Waals surface area (Å²) in [5.74, 6) is 0.238. The summed E-state index contributed by atoms with van der Waals surface area (Å²) in [5.41, 5.74) is 2.85. The van der Waals surface area contributed by atoms with Crippen molar-refractivity contribution >= 4 is 17.5 Å². The van der Waals surface area contributed by atoms with Crippen LogP contribution in [0.3, 0.4) is 0 Å². The molecule has 1 amide bonds. The summed E-state index contributed by atoms with van der Waals surface area (Å²) in [6, 6.07) is 7.95. The molecule has 1 aliphatic heterocycles. The second-order valence-corrected chi connectivity index (χ2v) is 6.06. The summed E-state index contributed by atoms with van der Waals surface area (Å²) in [7, 11) is 1.64. The van der Waals surface area contributed by atoms with Gasteiger partial charge in [-0.3, -0.25) is 14.8 Å². The summed E-state index contributed by atoms with van der Waals surface area (Å²) in [4.78, 5) is 14.3. The SMILES string of the molecule is CNC(=O)c1cn[nH]c1C1CCN(Cc2ccc(Cl)cc2)C1. The molecule has 1 aromatic heterocycles. The van der Waals surface area contributed by atoms with E-state index in [9.17, 15) is 4.79 Å². The van der Waals surface area contributed by atoms with Crippen LogP contribution in [0.1, 0.15) is 34.0 Å². The van der Waals surface area contributed by atoms with Crippen molar-refractivity contribution in [1.29, 1.82) is 0 Å². The molecule has 0 aliphatic carbocycles. The Balaban J connectivity index is 1.66. The zero-order valence-electron chi connectivity index (χ0n) is 12.5. The number of nitrogens with one attached hydrogen (secondary N) is 2. The third-order valence-electron chi connectivity index (χ3n) is 4.14. The van der Waals surface area contributed by atoms with Crippen molar-refractivity contribution in [1.82, 2.24) is 20.4 Å². The minimum Gasteiger partial charge on any atom is -0.355 e. The van der Waals surface area contributed by atoms with Crippen LogP contribution in [0.25, 0.3) is 0 Å². The van der Waals surface area contributed by atoms with Gasteiger partial charge < -0.3 is 5.32 Å². The zero-order chi connectivity index (χ0) is 15.5. The van der Waals surface area contributed by atoms with Gasteiger partial charge in [-0.15, -0.1) is 0 Å². The Bertz CT molecular complexity index is 652. The third-order valence-corrected chi connectivity index (χ3v) is 4.39. The van der Waals surface area contributed by atoms with Crippen LogP contribution in [-0.2, 0) is 6.54 Å². The topological polar surface area (TPSA) is 61.0 Å². The monoisotopic (exact) mass is 318 g/mol. The van der Waals surface area contributed by atoms with Crippen molar-refractivity contribution in [3.8, 4) is 0 Å². The van der Waals surface area contributed by atoms with Crippen molar-refractivity contribution in [3.63, 3.8) is 0 Å². The van der Waals surface area contributed by atoms with Gasteiger partial charge in [-0.25, -0.2) is 0 Å². The van der Waals surface area contributed by atoms with E-state index in [0.717, 1.165) is 36.8 Å². The number of carbonyl (C=O) groups excluding carboxylic acids is 1. The van der Waals surface area contributed by atoms with E-state index in [1.54, 1.807) is 13.2 Å². The number of aromatic nitrogens is 2. The summed E-state index contributed by atoms with van der Waals surface area (Å²) in [6.45, 7) is 2.84. The maximum Gasteiger partial charge on any atom is 0.254 e. The third kappa shape index (κ3) is 3.15. The molecule has 3 rings (SSSR count). The molecule has 2 heterocycles. The predicted molar refractivity (Wildman–Crippen MR) is 86.1 cm³/mol. The molecule has 0 radical (unpaired) electrons. The molecule has 1 fully saturated rings. The molecule has 0 saturated carbocycles. The highest BCUT2D eigenvalue weighted by Gasteiger charge is 2.28. The van der Waals surface area contributed by atoms with Crippen LogP contribution in [0.5, 0.6) is 0 Å². The van der Waals surface area contributed by atoms with E-state index >= 15 is 0 Å². The zero-order valence-corrected chi connectivity index (χ0v) is 13.2. The number of hydrogen-bond acceptors (Lipinski definition) is 3. The fraction of sp³-hybridized carbons (Fsp3) is 0.375. The number of amides is 1. The summed E-state index contributed by atoms with van der Waals surface area (Å²) in [5, 5.41) is 10.5. The molecule has 6 heteroatoms. The van der Waals surface area contributed by atoms with Crippen LogP contribution in [0, 0.1) is 0 Å². The normalized spacial score (nSPS) is 18.5. The van der Waals surface area contributed by atoms with Gasteiger partial charge in [0.2, 0.25) is 0 Å². The van der Waals surface area contributed by atoms with E-state index in [4.69, 9.17) is 11.6 Å². The first-order chi connectivity index (χ1) is 10.7. The molecular weight excluding hydrogens is 300 g/mol. The van der Waals surface area contributed by atoms with Crippen LogP contribution in [-0.4, -0.2) is 41.1 Å². The Morgan fingerprint density at radius 2 is 2.23 bits per heavy atom. The maximum atomic E-state index is 11.9. The van der Waals surface area contributed by atoms with Gasteiger partial charge in [-0.2, -0.15) is 5.10 Å². The Kier molecular flexibility index (Phi) is 4.45. The molecule has 1 atom stereocenters. The van der Waals surface area contributed by atoms with Crippen molar-refractivity contribution in [2.45, 2.75) is 18.9 Å². The standard InChI is InChI=1S/C16H19ClN4O/c1-18-16(22)14-8-19-20-15(14)12-6-7-21(10-12)9-11-2-4-13(17)5-3-11/h2-5,8,12H,6-7,9-10H2,1H3,(H,18,22)(H,19,20). The first-order valence-corrected chi connectivity index (χ1v) is 7.77. The van der Waals surface area contributed by atoms with E-state index in [1.165, 1.54) is 5.56 Å². The van der Waals surface area contributed by atoms with Gasteiger partial charge in [0.15, 0.2) is 0 Å². The predicted octanol–water partition coefficient (Wildman–Crippen LogP) is 2.41. The minimum absolute atomic E-state index is 0.0834. The number of likely N-dealkylation sites (tertiary alicyclic amines) is 1. The molecule has 116 valence electrons. The molecule has 2 aromatic rings. The van der Waals surface area contributed by atoms with Crippen molar-refractivity contribution in [2.75, 3.05) is 20.1 Å². The highest BCUT2D eigenvalue weighted by molar-refractivity contribution is 6.30. The Morgan fingerprint density at radius 1 is 1.45 bits per heavy atom. The minimum atomic E-state index is -0.0834. The number of aromatic amines is 1. The molecule has 5 nitrogen and oxygen atoms in total. The van der Waals surface area contributed by atoms with Crippen LogP contribution in [0.15, 0.2) is 30.5 Å². The molecule has 22 heavy (non-hydrogen) atoms. The maximum absolute atomic E-state index is 11.9. The van der Waals surface area contributed by atoms with E-state index in [-0.39, 0.29) is 5.91 Å². The lowest BCUT2D eigenvalue weighted by Crippen LogP contribution is -2.22. The lowest BCUT2D eigenvalue weighted by molar-refractivity contribution is 0.0961. The fourth-order valence-electron chi connectivity index (χ4n) is 2.98. The van der Waals surface area contributed by atoms with Crippen LogP contribution in [0.4, 0.5) is 0 Å². The van der Waals surface area contributed by atoms with Gasteiger partial charge in [-0.05, 0) is 30.7 Å². The van der Waals surface area contributed by atoms with Crippen LogP contribution < -0.4 is 5.32 Å². The quantitative estimate of drug-likeness (QED) is 0.910. The van der Waals surface area contributed by atoms with Crippen molar-refractivity contribution in [2.24, 2.45) is 0 Å². The number of H-pyrrole nitrogens is 1. The molecular formula is C16H19ClN4O. The van der Waals surface area contributed by atoms with Crippen molar-refractivity contribution in [3.05, 3.63) is 52.3 Å². The average Bonchev–Trinajstić information content (AvgIpc) is 3.17. The number of nitrogens with zero attached hydrogens (tertiary/aromatic N) is 2. The second kappa shape index (κ2) is 6.50.